The Morgan fingerprint density at radius 1 is 1.06 bits per heavy atom. The summed E-state index contributed by atoms with van der Waals surface area (Å²) >= 11 is 12.2. The molecule has 0 bridgehead atoms. The monoisotopic (exact) mass is 265 g/mol. The fraction of sp³-hybridized carbons (Fsp3) is 0.143. The first-order valence-electron chi connectivity index (χ1n) is 5.39. The molecule has 2 aromatic carbocycles. The average molecular weight is 266 g/mol. The van der Waals surface area contributed by atoms with E-state index in [1.807, 2.05) is 31.3 Å². The predicted octanol–water partition coefficient (Wildman–Crippen LogP) is 4.38. The van der Waals surface area contributed by atoms with E-state index in [2.05, 4.69) is 17.4 Å². The lowest BCUT2D eigenvalue weighted by Gasteiger charge is -2.07. The van der Waals surface area contributed by atoms with E-state index < -0.39 is 0 Å². The van der Waals surface area contributed by atoms with E-state index in [1.165, 1.54) is 5.56 Å². The normalized spacial score (nSPS) is 10.5. The zero-order chi connectivity index (χ0) is 12.3. The molecular weight excluding hydrogens is 253 g/mol. The number of halogens is 2. The van der Waals surface area contributed by atoms with Crippen molar-refractivity contribution in [2.24, 2.45) is 0 Å². The third kappa shape index (κ3) is 3.01. The summed E-state index contributed by atoms with van der Waals surface area (Å²) in [6.45, 7) is 0.839. The molecule has 0 spiro atoms. The van der Waals surface area contributed by atoms with E-state index >= 15 is 0 Å². The average Bonchev–Trinajstić information content (AvgIpc) is 2.33. The lowest BCUT2D eigenvalue weighted by molar-refractivity contribution is 0.818. The van der Waals surface area contributed by atoms with Crippen molar-refractivity contribution in [3.05, 3.63) is 58.1 Å². The zero-order valence-electron chi connectivity index (χ0n) is 9.50. The van der Waals surface area contributed by atoms with Crippen molar-refractivity contribution in [1.29, 1.82) is 0 Å². The second-order valence-corrected chi connectivity index (χ2v) is 4.70. The first kappa shape index (κ1) is 12.4. The number of rotatable bonds is 3. The summed E-state index contributed by atoms with van der Waals surface area (Å²) < 4.78 is 0. The van der Waals surface area contributed by atoms with Gasteiger partial charge in [-0.05, 0) is 42.4 Å². The smallest absolute Gasteiger partial charge is 0.0485 e. The Hall–Kier alpha value is -1.02. The Labute approximate surface area is 111 Å². The van der Waals surface area contributed by atoms with Crippen molar-refractivity contribution < 1.29 is 0 Å². The Morgan fingerprint density at radius 3 is 2.65 bits per heavy atom. The van der Waals surface area contributed by atoms with E-state index in [1.54, 1.807) is 6.07 Å². The minimum Gasteiger partial charge on any atom is -0.316 e. The van der Waals surface area contributed by atoms with Crippen LogP contribution < -0.4 is 5.32 Å². The molecule has 0 radical (unpaired) electrons. The number of nitrogens with one attached hydrogen (secondary N) is 1. The van der Waals surface area contributed by atoms with E-state index in [4.69, 9.17) is 23.2 Å². The number of hydrogen-bond donors (Lipinski definition) is 1. The van der Waals surface area contributed by atoms with E-state index in [0.29, 0.717) is 5.02 Å². The Bertz CT molecular complexity index is 523. The quantitative estimate of drug-likeness (QED) is 0.869. The lowest BCUT2D eigenvalue weighted by atomic mass is 10.0. The van der Waals surface area contributed by atoms with Crippen LogP contribution in [0.2, 0.25) is 10.0 Å². The molecule has 0 fully saturated rings. The third-order valence-electron chi connectivity index (χ3n) is 2.55. The molecule has 0 heterocycles. The number of hydrogen-bond acceptors (Lipinski definition) is 1. The van der Waals surface area contributed by atoms with Crippen LogP contribution in [-0.4, -0.2) is 7.05 Å². The highest BCUT2D eigenvalue weighted by atomic mass is 35.5. The molecule has 0 aliphatic heterocycles. The van der Waals surface area contributed by atoms with Crippen LogP contribution in [0.25, 0.3) is 11.1 Å². The molecule has 1 N–H and O–H groups in total. The van der Waals surface area contributed by atoms with Crippen molar-refractivity contribution in [2.75, 3.05) is 7.05 Å². The highest BCUT2D eigenvalue weighted by Gasteiger charge is 2.05. The van der Waals surface area contributed by atoms with Crippen LogP contribution in [0.1, 0.15) is 5.56 Å². The van der Waals surface area contributed by atoms with Gasteiger partial charge in [0.05, 0.1) is 0 Å². The Kier molecular flexibility index (Phi) is 4.06. The molecule has 3 heteroatoms. The van der Waals surface area contributed by atoms with Crippen LogP contribution >= 0.6 is 23.2 Å². The fourth-order valence-electron chi connectivity index (χ4n) is 1.77. The highest BCUT2D eigenvalue weighted by Crippen LogP contribution is 2.30. The van der Waals surface area contributed by atoms with Gasteiger partial charge in [0.2, 0.25) is 0 Å². The van der Waals surface area contributed by atoms with Gasteiger partial charge >= 0.3 is 0 Å². The molecule has 0 atom stereocenters. The maximum Gasteiger partial charge on any atom is 0.0485 e. The fourth-order valence-corrected chi connectivity index (χ4v) is 2.17. The molecule has 1 nitrogen and oxygen atoms in total. The second kappa shape index (κ2) is 5.54. The summed E-state index contributed by atoms with van der Waals surface area (Å²) in [5.74, 6) is 0. The molecule has 0 aromatic heterocycles. The van der Waals surface area contributed by atoms with E-state index in [-0.39, 0.29) is 0 Å². The van der Waals surface area contributed by atoms with Gasteiger partial charge in [0.25, 0.3) is 0 Å². The summed E-state index contributed by atoms with van der Waals surface area (Å²) in [6.07, 6.45) is 0. The van der Waals surface area contributed by atoms with Gasteiger partial charge in [0.1, 0.15) is 0 Å². The van der Waals surface area contributed by atoms with Gasteiger partial charge < -0.3 is 5.32 Å². The van der Waals surface area contributed by atoms with Gasteiger partial charge in [0.15, 0.2) is 0 Å². The molecule has 2 aromatic rings. The molecule has 17 heavy (non-hydrogen) atoms. The van der Waals surface area contributed by atoms with Crippen molar-refractivity contribution in [3.8, 4) is 11.1 Å². The molecular formula is C14H13Cl2N. The van der Waals surface area contributed by atoms with Gasteiger partial charge in [-0.3, -0.25) is 0 Å². The molecule has 0 aliphatic rings. The van der Waals surface area contributed by atoms with Crippen LogP contribution in [0.15, 0.2) is 42.5 Å². The number of benzene rings is 2. The Balaban J connectivity index is 2.45. The molecule has 0 amide bonds. The highest BCUT2D eigenvalue weighted by molar-refractivity contribution is 6.35. The maximum absolute atomic E-state index is 6.19. The molecule has 0 saturated heterocycles. The summed E-state index contributed by atoms with van der Waals surface area (Å²) in [6, 6.07) is 13.8. The third-order valence-corrected chi connectivity index (χ3v) is 3.11. The topological polar surface area (TPSA) is 12.0 Å². The first-order valence-corrected chi connectivity index (χ1v) is 6.15. The molecule has 88 valence electrons. The summed E-state index contributed by atoms with van der Waals surface area (Å²) in [5.41, 5.74) is 3.28. The van der Waals surface area contributed by atoms with E-state index in [9.17, 15) is 0 Å². The first-order chi connectivity index (χ1) is 8.20. The van der Waals surface area contributed by atoms with Crippen LogP contribution in [0, 0.1) is 0 Å². The van der Waals surface area contributed by atoms with Crippen molar-refractivity contribution in [1.82, 2.24) is 5.32 Å². The summed E-state index contributed by atoms with van der Waals surface area (Å²) in [4.78, 5) is 0. The zero-order valence-corrected chi connectivity index (χ0v) is 11.0. The van der Waals surface area contributed by atoms with Gasteiger partial charge in [-0.1, -0.05) is 41.4 Å². The van der Waals surface area contributed by atoms with Crippen molar-refractivity contribution in [2.45, 2.75) is 6.54 Å². The minimum atomic E-state index is 0.698. The molecule has 0 unspecified atom stereocenters. The predicted molar refractivity (Wildman–Crippen MR) is 74.7 cm³/mol. The standard InChI is InChI=1S/C14H13Cl2N/c1-17-9-10-3-2-4-11(7-10)13-8-12(15)5-6-14(13)16/h2-8,17H,9H2,1H3. The van der Waals surface area contributed by atoms with Gasteiger partial charge in [-0.25, -0.2) is 0 Å². The van der Waals surface area contributed by atoms with Gasteiger partial charge in [0, 0.05) is 22.2 Å². The van der Waals surface area contributed by atoms with Gasteiger partial charge in [-0.15, -0.1) is 0 Å². The van der Waals surface area contributed by atoms with Crippen LogP contribution in [0.5, 0.6) is 0 Å². The summed E-state index contributed by atoms with van der Waals surface area (Å²) in [5, 5.41) is 4.55. The maximum atomic E-state index is 6.19. The van der Waals surface area contributed by atoms with Crippen LogP contribution in [0.3, 0.4) is 0 Å². The Morgan fingerprint density at radius 2 is 1.88 bits per heavy atom. The largest absolute Gasteiger partial charge is 0.316 e. The van der Waals surface area contributed by atoms with Crippen molar-refractivity contribution in [3.63, 3.8) is 0 Å². The summed E-state index contributed by atoms with van der Waals surface area (Å²) in [7, 11) is 1.93. The second-order valence-electron chi connectivity index (χ2n) is 3.85. The van der Waals surface area contributed by atoms with E-state index in [0.717, 1.165) is 22.7 Å². The minimum absolute atomic E-state index is 0.698. The van der Waals surface area contributed by atoms with Crippen molar-refractivity contribution >= 4 is 23.2 Å². The van der Waals surface area contributed by atoms with Gasteiger partial charge in [-0.2, -0.15) is 0 Å². The van der Waals surface area contributed by atoms with Crippen LogP contribution in [0.4, 0.5) is 0 Å². The molecule has 0 aliphatic carbocycles. The van der Waals surface area contributed by atoms with Crippen LogP contribution in [-0.2, 0) is 6.54 Å². The SMILES string of the molecule is CNCc1cccc(-c2cc(Cl)ccc2Cl)c1. The molecule has 2 rings (SSSR count). The lowest BCUT2D eigenvalue weighted by Crippen LogP contribution is -2.04. The molecule has 0 saturated carbocycles.